The molecule has 2 aliphatic rings. The summed E-state index contributed by atoms with van der Waals surface area (Å²) in [4.78, 5) is 12.3. The van der Waals surface area contributed by atoms with Crippen LogP contribution in [-0.4, -0.2) is 51.5 Å². The number of hydrogen-bond acceptors (Lipinski definition) is 5. The third kappa shape index (κ3) is 3.65. The van der Waals surface area contributed by atoms with Crippen molar-refractivity contribution in [2.45, 2.75) is 37.5 Å². The van der Waals surface area contributed by atoms with Gasteiger partial charge in [0.25, 0.3) is 5.91 Å². The quantitative estimate of drug-likeness (QED) is 0.864. The average Bonchev–Trinajstić information content (AvgIpc) is 3.23. The van der Waals surface area contributed by atoms with Crippen LogP contribution in [-0.2, 0) is 14.8 Å². The molecule has 2 aliphatic heterocycles. The van der Waals surface area contributed by atoms with Gasteiger partial charge in [-0.15, -0.1) is 0 Å². The maximum absolute atomic E-state index is 12.6. The molecule has 8 heteroatoms. The van der Waals surface area contributed by atoms with Gasteiger partial charge in [0, 0.05) is 32.3 Å². The van der Waals surface area contributed by atoms with E-state index in [9.17, 15) is 13.2 Å². The monoisotopic (exact) mass is 356 g/mol. The molecule has 1 aromatic heterocycles. The highest BCUT2D eigenvalue weighted by Crippen LogP contribution is 2.26. The zero-order chi connectivity index (χ0) is 17.2. The fourth-order valence-corrected chi connectivity index (χ4v) is 4.87. The summed E-state index contributed by atoms with van der Waals surface area (Å²) in [5.74, 6) is 0.216. The Labute approximate surface area is 142 Å². The summed E-state index contributed by atoms with van der Waals surface area (Å²) >= 11 is 0. The number of hydrogen-bond donors (Lipinski definition) is 1. The molecule has 0 aliphatic carbocycles. The Kier molecular flexibility index (Phi) is 5.27. The summed E-state index contributed by atoms with van der Waals surface area (Å²) in [6, 6.07) is 1.34. The molecule has 1 N–H and O–H groups in total. The van der Waals surface area contributed by atoms with Crippen LogP contribution < -0.4 is 5.32 Å². The van der Waals surface area contributed by atoms with E-state index in [1.165, 1.54) is 10.4 Å². The van der Waals surface area contributed by atoms with Gasteiger partial charge in [-0.2, -0.15) is 4.31 Å². The molecule has 1 amide bonds. The van der Waals surface area contributed by atoms with E-state index < -0.39 is 10.0 Å². The number of sulfonamides is 1. The van der Waals surface area contributed by atoms with Gasteiger partial charge in [0.1, 0.15) is 10.7 Å². The topological polar surface area (TPSA) is 88.8 Å². The van der Waals surface area contributed by atoms with Gasteiger partial charge in [0.05, 0.1) is 6.61 Å². The van der Waals surface area contributed by atoms with Gasteiger partial charge in [-0.05, 0) is 38.5 Å². The minimum absolute atomic E-state index is 0.0435. The maximum Gasteiger partial charge on any atom is 0.287 e. The Balaban J connectivity index is 1.67. The first kappa shape index (κ1) is 17.4. The Bertz CT molecular complexity index is 685. The van der Waals surface area contributed by atoms with Crippen molar-refractivity contribution in [1.29, 1.82) is 0 Å². The van der Waals surface area contributed by atoms with E-state index in [-0.39, 0.29) is 22.3 Å². The second-order valence-electron chi connectivity index (χ2n) is 6.44. The summed E-state index contributed by atoms with van der Waals surface area (Å²) in [7, 11) is -3.58. The van der Waals surface area contributed by atoms with Crippen LogP contribution in [0.2, 0.25) is 0 Å². The van der Waals surface area contributed by atoms with E-state index in [0.29, 0.717) is 32.2 Å². The van der Waals surface area contributed by atoms with Gasteiger partial charge in [-0.3, -0.25) is 4.79 Å². The Morgan fingerprint density at radius 3 is 2.75 bits per heavy atom. The van der Waals surface area contributed by atoms with E-state index in [1.807, 2.05) is 0 Å². The molecule has 1 aromatic rings. The summed E-state index contributed by atoms with van der Waals surface area (Å²) in [6.07, 6.45) is 3.75. The highest BCUT2D eigenvalue weighted by Gasteiger charge is 2.31. The molecule has 0 bridgehead atoms. The molecule has 0 radical (unpaired) electrons. The predicted molar refractivity (Wildman–Crippen MR) is 87.3 cm³/mol. The van der Waals surface area contributed by atoms with Crippen LogP contribution in [0.4, 0.5) is 0 Å². The molecule has 2 fully saturated rings. The number of carbonyl (C=O) groups is 1. The smallest absolute Gasteiger partial charge is 0.287 e. The standard InChI is InChI=1S/C16H24N2O5S/c1-12-15(24(20,21)18-6-2-3-7-18)9-14(23-12)16(19)17-10-13-5-4-8-22-11-13/h9,13H,2-8,10-11H2,1H3,(H,17,19). The van der Waals surface area contributed by atoms with E-state index in [1.54, 1.807) is 6.92 Å². The Morgan fingerprint density at radius 1 is 1.33 bits per heavy atom. The van der Waals surface area contributed by atoms with Crippen molar-refractivity contribution < 1.29 is 22.4 Å². The summed E-state index contributed by atoms with van der Waals surface area (Å²) < 4.78 is 37.5. The first-order valence-electron chi connectivity index (χ1n) is 8.45. The molecule has 0 spiro atoms. The van der Waals surface area contributed by atoms with Crippen molar-refractivity contribution in [2.75, 3.05) is 32.8 Å². The predicted octanol–water partition coefficient (Wildman–Crippen LogP) is 1.53. The van der Waals surface area contributed by atoms with Crippen LogP contribution in [0.15, 0.2) is 15.4 Å². The summed E-state index contributed by atoms with van der Waals surface area (Å²) in [5.41, 5.74) is 0. The van der Waals surface area contributed by atoms with E-state index in [2.05, 4.69) is 5.32 Å². The maximum atomic E-state index is 12.6. The van der Waals surface area contributed by atoms with Crippen molar-refractivity contribution in [1.82, 2.24) is 9.62 Å². The molecular weight excluding hydrogens is 332 g/mol. The van der Waals surface area contributed by atoms with Crippen molar-refractivity contribution in [2.24, 2.45) is 5.92 Å². The van der Waals surface area contributed by atoms with Crippen LogP contribution in [0.3, 0.4) is 0 Å². The molecule has 2 saturated heterocycles. The van der Waals surface area contributed by atoms with Crippen LogP contribution in [0.25, 0.3) is 0 Å². The first-order valence-corrected chi connectivity index (χ1v) is 9.89. The SMILES string of the molecule is Cc1oc(C(=O)NCC2CCCOC2)cc1S(=O)(=O)N1CCCC1. The van der Waals surface area contributed by atoms with Gasteiger partial charge < -0.3 is 14.5 Å². The summed E-state index contributed by atoms with van der Waals surface area (Å²) in [6.45, 7) is 4.55. The number of aryl methyl sites for hydroxylation is 1. The molecule has 24 heavy (non-hydrogen) atoms. The van der Waals surface area contributed by atoms with Crippen molar-refractivity contribution in [3.63, 3.8) is 0 Å². The van der Waals surface area contributed by atoms with Gasteiger partial charge >= 0.3 is 0 Å². The fraction of sp³-hybridized carbons (Fsp3) is 0.688. The number of furan rings is 1. The minimum Gasteiger partial charge on any atom is -0.455 e. The molecule has 0 aromatic carbocycles. The highest BCUT2D eigenvalue weighted by atomic mass is 32.2. The molecule has 3 heterocycles. The van der Waals surface area contributed by atoms with Crippen molar-refractivity contribution in [3.8, 4) is 0 Å². The van der Waals surface area contributed by atoms with E-state index in [0.717, 1.165) is 32.3 Å². The van der Waals surface area contributed by atoms with Gasteiger partial charge in [-0.1, -0.05) is 0 Å². The summed E-state index contributed by atoms with van der Waals surface area (Å²) in [5, 5.41) is 2.81. The average molecular weight is 356 g/mol. The molecular formula is C16H24N2O5S. The highest BCUT2D eigenvalue weighted by molar-refractivity contribution is 7.89. The fourth-order valence-electron chi connectivity index (χ4n) is 3.19. The van der Waals surface area contributed by atoms with Crippen molar-refractivity contribution in [3.05, 3.63) is 17.6 Å². The molecule has 7 nitrogen and oxygen atoms in total. The molecule has 134 valence electrons. The zero-order valence-corrected chi connectivity index (χ0v) is 14.7. The number of carbonyl (C=O) groups excluding carboxylic acids is 1. The number of amides is 1. The van der Waals surface area contributed by atoms with Crippen LogP contribution in [0.5, 0.6) is 0 Å². The number of rotatable bonds is 5. The van der Waals surface area contributed by atoms with Crippen molar-refractivity contribution >= 4 is 15.9 Å². The van der Waals surface area contributed by atoms with E-state index >= 15 is 0 Å². The van der Waals surface area contributed by atoms with Gasteiger partial charge in [0.15, 0.2) is 5.76 Å². The molecule has 1 atom stereocenters. The van der Waals surface area contributed by atoms with Crippen LogP contribution in [0, 0.1) is 12.8 Å². The van der Waals surface area contributed by atoms with Crippen LogP contribution >= 0.6 is 0 Å². The minimum atomic E-state index is -3.58. The number of ether oxygens (including phenoxy) is 1. The molecule has 0 saturated carbocycles. The third-order valence-electron chi connectivity index (χ3n) is 4.58. The molecule has 3 rings (SSSR count). The Morgan fingerprint density at radius 2 is 2.08 bits per heavy atom. The lowest BCUT2D eigenvalue weighted by molar-refractivity contribution is 0.0533. The lowest BCUT2D eigenvalue weighted by Gasteiger charge is -2.21. The van der Waals surface area contributed by atoms with Crippen LogP contribution in [0.1, 0.15) is 42.0 Å². The third-order valence-corrected chi connectivity index (χ3v) is 6.59. The lowest BCUT2D eigenvalue weighted by atomic mass is 10.0. The van der Waals surface area contributed by atoms with Gasteiger partial charge in [0.2, 0.25) is 10.0 Å². The largest absolute Gasteiger partial charge is 0.455 e. The van der Waals surface area contributed by atoms with Gasteiger partial charge in [-0.25, -0.2) is 8.42 Å². The lowest BCUT2D eigenvalue weighted by Crippen LogP contribution is -2.33. The Hall–Kier alpha value is -1.38. The second kappa shape index (κ2) is 7.25. The molecule has 1 unspecified atom stereocenters. The zero-order valence-electron chi connectivity index (χ0n) is 13.9. The normalized spacial score (nSPS) is 22.6. The van der Waals surface area contributed by atoms with E-state index in [4.69, 9.17) is 9.15 Å². The number of nitrogens with one attached hydrogen (secondary N) is 1. The second-order valence-corrected chi connectivity index (χ2v) is 8.34. The number of nitrogens with zero attached hydrogens (tertiary/aromatic N) is 1. The first-order chi connectivity index (χ1) is 11.5.